The van der Waals surface area contributed by atoms with Gasteiger partial charge in [-0.1, -0.05) is 6.42 Å². The Labute approximate surface area is 89.7 Å². The second-order valence-electron chi connectivity index (χ2n) is 3.87. The highest BCUT2D eigenvalue weighted by atomic mass is 15.3. The first-order valence-corrected chi connectivity index (χ1v) is 5.38. The van der Waals surface area contributed by atoms with Crippen LogP contribution in [0.5, 0.6) is 0 Å². The van der Waals surface area contributed by atoms with Crippen molar-refractivity contribution in [3.8, 4) is 0 Å². The number of piperidine rings is 1. The monoisotopic (exact) mass is 207 g/mol. The number of anilines is 1. The van der Waals surface area contributed by atoms with Gasteiger partial charge in [-0.3, -0.25) is 9.88 Å². The standard InChI is InChI=1S/C10H17N5/c11-14-10-7-12-9(6-13-10)8-15-4-2-1-3-5-15/h6-7H,1-5,8,11H2,(H,13,14). The van der Waals surface area contributed by atoms with Crippen LogP contribution >= 0.6 is 0 Å². The van der Waals surface area contributed by atoms with Crippen molar-refractivity contribution in [1.82, 2.24) is 14.9 Å². The van der Waals surface area contributed by atoms with Gasteiger partial charge in [0.15, 0.2) is 5.82 Å². The minimum atomic E-state index is 0.609. The Morgan fingerprint density at radius 3 is 2.60 bits per heavy atom. The number of hydrazine groups is 1. The summed E-state index contributed by atoms with van der Waals surface area (Å²) in [5.41, 5.74) is 3.48. The molecule has 3 N–H and O–H groups in total. The first-order valence-electron chi connectivity index (χ1n) is 5.38. The Hall–Kier alpha value is -1.20. The summed E-state index contributed by atoms with van der Waals surface area (Å²) in [7, 11) is 0. The van der Waals surface area contributed by atoms with E-state index in [0.717, 1.165) is 12.2 Å². The fraction of sp³-hybridized carbons (Fsp3) is 0.600. The fourth-order valence-electron chi connectivity index (χ4n) is 1.86. The van der Waals surface area contributed by atoms with Crippen molar-refractivity contribution in [3.63, 3.8) is 0 Å². The van der Waals surface area contributed by atoms with Crippen molar-refractivity contribution in [3.05, 3.63) is 18.1 Å². The topological polar surface area (TPSA) is 67.1 Å². The van der Waals surface area contributed by atoms with E-state index in [-0.39, 0.29) is 0 Å². The van der Waals surface area contributed by atoms with Crippen LogP contribution in [0.1, 0.15) is 25.0 Å². The molecule has 0 radical (unpaired) electrons. The molecule has 0 saturated carbocycles. The predicted molar refractivity (Wildman–Crippen MR) is 59.0 cm³/mol. The lowest BCUT2D eigenvalue weighted by Gasteiger charge is -2.25. The molecular formula is C10H17N5. The Kier molecular flexibility index (Phi) is 3.47. The molecule has 1 aromatic rings. The van der Waals surface area contributed by atoms with Crippen molar-refractivity contribution in [2.75, 3.05) is 18.5 Å². The molecule has 0 amide bonds. The summed E-state index contributed by atoms with van der Waals surface area (Å²) in [5.74, 6) is 5.83. The van der Waals surface area contributed by atoms with Gasteiger partial charge in [0.1, 0.15) is 0 Å². The summed E-state index contributed by atoms with van der Waals surface area (Å²) >= 11 is 0. The third-order valence-corrected chi connectivity index (χ3v) is 2.69. The molecule has 0 aromatic carbocycles. The second-order valence-corrected chi connectivity index (χ2v) is 3.87. The average Bonchev–Trinajstić information content (AvgIpc) is 2.31. The molecule has 5 heteroatoms. The van der Waals surface area contributed by atoms with Crippen molar-refractivity contribution >= 4 is 5.82 Å². The maximum atomic E-state index is 5.22. The molecule has 1 aliphatic rings. The Morgan fingerprint density at radius 1 is 1.20 bits per heavy atom. The molecule has 0 aliphatic carbocycles. The summed E-state index contributed by atoms with van der Waals surface area (Å²) in [6.45, 7) is 3.26. The summed E-state index contributed by atoms with van der Waals surface area (Å²) in [6.07, 6.45) is 7.41. The first kappa shape index (κ1) is 10.3. The van der Waals surface area contributed by atoms with Crippen molar-refractivity contribution < 1.29 is 0 Å². The molecule has 1 fully saturated rings. The van der Waals surface area contributed by atoms with Gasteiger partial charge in [0, 0.05) is 6.54 Å². The second kappa shape index (κ2) is 5.04. The van der Waals surface area contributed by atoms with E-state index in [0.29, 0.717) is 5.82 Å². The summed E-state index contributed by atoms with van der Waals surface area (Å²) in [6, 6.07) is 0. The minimum absolute atomic E-state index is 0.609. The van der Waals surface area contributed by atoms with E-state index in [9.17, 15) is 0 Å². The molecule has 5 nitrogen and oxygen atoms in total. The van der Waals surface area contributed by atoms with Gasteiger partial charge < -0.3 is 5.43 Å². The number of nitrogens with zero attached hydrogens (tertiary/aromatic N) is 3. The van der Waals surface area contributed by atoms with Crippen molar-refractivity contribution in [2.24, 2.45) is 5.84 Å². The van der Waals surface area contributed by atoms with Crippen LogP contribution in [-0.4, -0.2) is 28.0 Å². The maximum absolute atomic E-state index is 5.22. The van der Waals surface area contributed by atoms with Crippen LogP contribution in [0.25, 0.3) is 0 Å². The minimum Gasteiger partial charge on any atom is -0.307 e. The number of hydrogen-bond donors (Lipinski definition) is 2. The van der Waals surface area contributed by atoms with Gasteiger partial charge in [0.05, 0.1) is 18.1 Å². The van der Waals surface area contributed by atoms with E-state index in [2.05, 4.69) is 20.3 Å². The van der Waals surface area contributed by atoms with E-state index in [4.69, 9.17) is 5.84 Å². The lowest BCUT2D eigenvalue weighted by atomic mass is 10.1. The predicted octanol–water partition coefficient (Wildman–Crippen LogP) is 0.748. The molecule has 1 aliphatic heterocycles. The van der Waals surface area contributed by atoms with Gasteiger partial charge >= 0.3 is 0 Å². The summed E-state index contributed by atoms with van der Waals surface area (Å²) < 4.78 is 0. The first-order chi connectivity index (χ1) is 7.38. The third kappa shape index (κ3) is 2.87. The molecule has 1 saturated heterocycles. The lowest BCUT2D eigenvalue weighted by Crippen LogP contribution is -2.29. The van der Waals surface area contributed by atoms with Crippen LogP contribution in [0.2, 0.25) is 0 Å². The normalized spacial score (nSPS) is 17.7. The third-order valence-electron chi connectivity index (χ3n) is 2.69. The lowest BCUT2D eigenvalue weighted by molar-refractivity contribution is 0.218. The number of nitrogens with one attached hydrogen (secondary N) is 1. The number of nitrogens with two attached hydrogens (primary N) is 1. The number of hydrogen-bond acceptors (Lipinski definition) is 5. The number of aromatic nitrogens is 2. The molecule has 0 bridgehead atoms. The quantitative estimate of drug-likeness (QED) is 0.565. The van der Waals surface area contributed by atoms with Crippen LogP contribution in [0.4, 0.5) is 5.82 Å². The highest BCUT2D eigenvalue weighted by Crippen LogP contribution is 2.11. The zero-order valence-corrected chi connectivity index (χ0v) is 8.82. The largest absolute Gasteiger partial charge is 0.307 e. The van der Waals surface area contributed by atoms with Gasteiger partial charge in [-0.2, -0.15) is 0 Å². The van der Waals surface area contributed by atoms with E-state index in [1.54, 1.807) is 12.4 Å². The van der Waals surface area contributed by atoms with Gasteiger partial charge in [0.2, 0.25) is 0 Å². The molecule has 0 atom stereocenters. The number of nitrogen functional groups attached to an aromatic ring is 1. The zero-order valence-electron chi connectivity index (χ0n) is 8.82. The smallest absolute Gasteiger partial charge is 0.158 e. The van der Waals surface area contributed by atoms with Gasteiger partial charge in [-0.15, -0.1) is 0 Å². The van der Waals surface area contributed by atoms with E-state index in [1.165, 1.54) is 32.4 Å². The van der Waals surface area contributed by atoms with Crippen LogP contribution in [0, 0.1) is 0 Å². The Bertz CT molecular complexity index is 291. The van der Waals surface area contributed by atoms with Crippen LogP contribution < -0.4 is 11.3 Å². The SMILES string of the molecule is NNc1cnc(CN2CCCCC2)cn1. The Balaban J connectivity index is 1.91. The van der Waals surface area contributed by atoms with E-state index in [1.807, 2.05) is 0 Å². The average molecular weight is 207 g/mol. The highest BCUT2D eigenvalue weighted by molar-refractivity contribution is 5.28. The number of likely N-dealkylation sites (tertiary alicyclic amines) is 1. The molecule has 2 rings (SSSR count). The molecule has 15 heavy (non-hydrogen) atoms. The number of rotatable bonds is 3. The van der Waals surface area contributed by atoms with Crippen LogP contribution in [0.15, 0.2) is 12.4 Å². The molecule has 1 aromatic heterocycles. The van der Waals surface area contributed by atoms with Gasteiger partial charge in [-0.05, 0) is 25.9 Å². The van der Waals surface area contributed by atoms with Gasteiger partial charge in [0.25, 0.3) is 0 Å². The maximum Gasteiger partial charge on any atom is 0.158 e. The van der Waals surface area contributed by atoms with Crippen LogP contribution in [-0.2, 0) is 6.54 Å². The molecule has 0 spiro atoms. The summed E-state index contributed by atoms with van der Waals surface area (Å²) in [5, 5.41) is 0. The van der Waals surface area contributed by atoms with E-state index < -0.39 is 0 Å². The Morgan fingerprint density at radius 2 is 2.00 bits per heavy atom. The zero-order chi connectivity index (χ0) is 10.5. The van der Waals surface area contributed by atoms with Crippen molar-refractivity contribution in [2.45, 2.75) is 25.8 Å². The highest BCUT2D eigenvalue weighted by Gasteiger charge is 2.10. The molecule has 0 unspecified atom stereocenters. The van der Waals surface area contributed by atoms with Crippen LogP contribution in [0.3, 0.4) is 0 Å². The van der Waals surface area contributed by atoms with Gasteiger partial charge in [-0.25, -0.2) is 10.8 Å². The molecule has 82 valence electrons. The molecule has 2 heterocycles. The van der Waals surface area contributed by atoms with Crippen molar-refractivity contribution in [1.29, 1.82) is 0 Å². The van der Waals surface area contributed by atoms with E-state index >= 15 is 0 Å². The fourth-order valence-corrected chi connectivity index (χ4v) is 1.86. The molecular weight excluding hydrogens is 190 g/mol. The summed E-state index contributed by atoms with van der Waals surface area (Å²) in [4.78, 5) is 10.9.